The number of amides is 1. The van der Waals surface area contributed by atoms with Gasteiger partial charge in [0.05, 0.1) is 12.0 Å². The monoisotopic (exact) mass is 381 g/mol. The summed E-state index contributed by atoms with van der Waals surface area (Å²) in [6, 6.07) is 10.6. The molecule has 0 aliphatic rings. The number of hydrogen-bond donors (Lipinski definition) is 2. The predicted molar refractivity (Wildman–Crippen MR) is 103 cm³/mol. The molecule has 3 aromatic rings. The van der Waals surface area contributed by atoms with Crippen LogP contribution in [0.5, 0.6) is 5.75 Å². The molecule has 1 heterocycles. The smallest absolute Gasteiger partial charge is 0.292 e. The zero-order chi connectivity index (χ0) is 20.3. The first-order chi connectivity index (χ1) is 13.4. The molecule has 1 amide bonds. The average molecular weight is 381 g/mol. The van der Waals surface area contributed by atoms with Crippen LogP contribution in [0, 0.1) is 10.1 Å². The number of imidazole rings is 1. The van der Waals surface area contributed by atoms with Gasteiger partial charge in [-0.15, -0.1) is 0 Å². The minimum absolute atomic E-state index is 0.00245. The molecule has 0 bridgehead atoms. The molecule has 3 N–H and O–H groups in total. The Morgan fingerprint density at radius 3 is 2.57 bits per heavy atom. The number of nitro groups is 1. The second-order valence-corrected chi connectivity index (χ2v) is 6.11. The minimum Gasteiger partial charge on any atom is -0.497 e. The summed E-state index contributed by atoms with van der Waals surface area (Å²) in [5.41, 5.74) is 6.21. The van der Waals surface area contributed by atoms with Crippen LogP contribution in [0.1, 0.15) is 27.8 Å². The lowest BCUT2D eigenvalue weighted by atomic mass is 10.0. The number of nitrogens with two attached hydrogens (primary N) is 1. The van der Waals surface area contributed by atoms with Crippen LogP contribution in [0.3, 0.4) is 0 Å². The number of rotatable bonds is 6. The molecule has 2 aromatic carbocycles. The second kappa shape index (κ2) is 7.78. The number of anilines is 1. The number of methoxy groups -OCH3 is 1. The first kappa shape index (κ1) is 18.9. The van der Waals surface area contributed by atoms with Crippen molar-refractivity contribution < 1.29 is 14.5 Å². The molecule has 9 heteroatoms. The molecule has 0 saturated carbocycles. The lowest BCUT2D eigenvalue weighted by Crippen LogP contribution is -2.31. The van der Waals surface area contributed by atoms with E-state index in [-0.39, 0.29) is 16.9 Å². The number of hydrogen-bond acceptors (Lipinski definition) is 6. The Morgan fingerprint density at radius 1 is 1.29 bits per heavy atom. The molecule has 3 rings (SSSR count). The third-order valence-corrected chi connectivity index (χ3v) is 4.33. The lowest BCUT2D eigenvalue weighted by Gasteiger charge is -2.19. The van der Waals surface area contributed by atoms with E-state index < -0.39 is 16.9 Å². The number of ether oxygens (including phenoxy) is 1. The molecule has 0 spiro atoms. The van der Waals surface area contributed by atoms with Crippen LogP contribution in [-0.4, -0.2) is 27.5 Å². The highest BCUT2D eigenvalue weighted by molar-refractivity contribution is 5.96. The second-order valence-electron chi connectivity index (χ2n) is 6.11. The number of nitrogen functional groups attached to an aromatic ring is 1. The average Bonchev–Trinajstić information content (AvgIpc) is 3.11. The van der Waals surface area contributed by atoms with Gasteiger partial charge >= 0.3 is 0 Å². The maximum atomic E-state index is 12.8. The quantitative estimate of drug-likeness (QED) is 0.384. The topological polar surface area (TPSA) is 125 Å². The summed E-state index contributed by atoms with van der Waals surface area (Å²) in [5.74, 6) is 0.818. The molecular formula is C19H19N5O4. The van der Waals surface area contributed by atoms with Crippen LogP contribution in [0.25, 0.3) is 0 Å². The summed E-state index contributed by atoms with van der Waals surface area (Å²) >= 11 is 0. The number of carbonyl (C=O) groups is 1. The van der Waals surface area contributed by atoms with Crippen molar-refractivity contribution in [3.8, 4) is 5.75 Å². The van der Waals surface area contributed by atoms with E-state index in [4.69, 9.17) is 10.5 Å². The number of carbonyl (C=O) groups excluding carboxylic acids is 1. The molecule has 0 aliphatic heterocycles. The van der Waals surface area contributed by atoms with Crippen LogP contribution < -0.4 is 15.8 Å². The summed E-state index contributed by atoms with van der Waals surface area (Å²) in [5, 5.41) is 14.0. The largest absolute Gasteiger partial charge is 0.497 e. The van der Waals surface area contributed by atoms with Gasteiger partial charge in [0, 0.05) is 31.1 Å². The van der Waals surface area contributed by atoms with Crippen molar-refractivity contribution in [2.75, 3.05) is 12.8 Å². The van der Waals surface area contributed by atoms with Gasteiger partial charge < -0.3 is 20.4 Å². The number of nitro benzene ring substituents is 1. The van der Waals surface area contributed by atoms with Gasteiger partial charge in [-0.2, -0.15) is 0 Å². The van der Waals surface area contributed by atoms with E-state index in [0.29, 0.717) is 11.6 Å². The number of benzene rings is 2. The van der Waals surface area contributed by atoms with Gasteiger partial charge in [-0.25, -0.2) is 4.98 Å². The van der Waals surface area contributed by atoms with Gasteiger partial charge in [-0.3, -0.25) is 14.9 Å². The molecule has 1 aromatic heterocycles. The molecule has 9 nitrogen and oxygen atoms in total. The van der Waals surface area contributed by atoms with E-state index in [9.17, 15) is 14.9 Å². The van der Waals surface area contributed by atoms with Crippen molar-refractivity contribution in [1.82, 2.24) is 14.9 Å². The number of nitrogens with zero attached hydrogens (tertiary/aromatic N) is 3. The molecule has 1 atom stereocenters. The van der Waals surface area contributed by atoms with Crippen LogP contribution >= 0.6 is 0 Å². The molecule has 0 radical (unpaired) electrons. The van der Waals surface area contributed by atoms with Gasteiger partial charge in [0.25, 0.3) is 11.6 Å². The summed E-state index contributed by atoms with van der Waals surface area (Å²) in [7, 11) is 3.39. The van der Waals surface area contributed by atoms with E-state index in [1.165, 1.54) is 12.1 Å². The molecule has 0 aliphatic carbocycles. The minimum atomic E-state index is -0.619. The van der Waals surface area contributed by atoms with E-state index in [1.807, 2.05) is 19.2 Å². The number of aromatic nitrogens is 2. The van der Waals surface area contributed by atoms with Gasteiger partial charge in [0.15, 0.2) is 0 Å². The Balaban J connectivity index is 1.95. The normalized spacial score (nSPS) is 11.6. The Labute approximate surface area is 160 Å². The van der Waals surface area contributed by atoms with Crippen molar-refractivity contribution >= 4 is 17.3 Å². The van der Waals surface area contributed by atoms with Crippen LogP contribution in [0.4, 0.5) is 11.4 Å². The fourth-order valence-electron chi connectivity index (χ4n) is 2.81. The summed E-state index contributed by atoms with van der Waals surface area (Å²) < 4.78 is 6.97. The molecular weight excluding hydrogens is 362 g/mol. The highest BCUT2D eigenvalue weighted by Crippen LogP contribution is 2.25. The summed E-state index contributed by atoms with van der Waals surface area (Å²) in [6.07, 6.45) is 3.40. The molecule has 0 saturated heterocycles. The molecule has 144 valence electrons. The first-order valence-corrected chi connectivity index (χ1v) is 8.36. The molecule has 0 fully saturated rings. The lowest BCUT2D eigenvalue weighted by molar-refractivity contribution is -0.383. The van der Waals surface area contributed by atoms with Crippen molar-refractivity contribution in [1.29, 1.82) is 0 Å². The highest BCUT2D eigenvalue weighted by atomic mass is 16.6. The third-order valence-electron chi connectivity index (χ3n) is 4.33. The summed E-state index contributed by atoms with van der Waals surface area (Å²) in [4.78, 5) is 27.6. The SMILES string of the molecule is COc1ccc(C(NC(=O)c2ccc(N)c([N+](=O)[O-])c2)c2nccn2C)cc1. The van der Waals surface area contributed by atoms with Crippen molar-refractivity contribution in [2.24, 2.45) is 7.05 Å². The Morgan fingerprint density at radius 2 is 2.00 bits per heavy atom. The van der Waals surface area contributed by atoms with Gasteiger partial charge in [-0.1, -0.05) is 12.1 Å². The van der Waals surface area contributed by atoms with Crippen LogP contribution in [-0.2, 0) is 7.05 Å². The fourth-order valence-corrected chi connectivity index (χ4v) is 2.81. The molecule has 28 heavy (non-hydrogen) atoms. The van der Waals surface area contributed by atoms with Gasteiger partial charge in [-0.05, 0) is 29.8 Å². The Kier molecular flexibility index (Phi) is 5.25. The first-order valence-electron chi connectivity index (χ1n) is 8.36. The van der Waals surface area contributed by atoms with Crippen molar-refractivity contribution in [2.45, 2.75) is 6.04 Å². The Hall–Kier alpha value is -3.88. The standard InChI is InChI=1S/C19H19N5O4/c1-23-10-9-21-18(23)17(12-3-6-14(28-2)7-4-12)22-19(25)13-5-8-15(20)16(11-13)24(26)27/h3-11,17H,20H2,1-2H3,(H,22,25). The fraction of sp³-hybridized carbons (Fsp3) is 0.158. The van der Waals surface area contributed by atoms with E-state index in [1.54, 1.807) is 36.2 Å². The van der Waals surface area contributed by atoms with Crippen molar-refractivity contribution in [3.63, 3.8) is 0 Å². The predicted octanol–water partition coefficient (Wildman–Crippen LogP) is 2.44. The van der Waals surface area contributed by atoms with Crippen LogP contribution in [0.2, 0.25) is 0 Å². The highest BCUT2D eigenvalue weighted by Gasteiger charge is 2.23. The maximum Gasteiger partial charge on any atom is 0.292 e. The third kappa shape index (κ3) is 3.78. The number of nitrogens with one attached hydrogen (secondary N) is 1. The zero-order valence-electron chi connectivity index (χ0n) is 15.3. The Bertz CT molecular complexity index is 1010. The van der Waals surface area contributed by atoms with Crippen molar-refractivity contribution in [3.05, 3.63) is 81.9 Å². The van der Waals surface area contributed by atoms with Gasteiger partial charge in [0.2, 0.25) is 0 Å². The summed E-state index contributed by atoms with van der Waals surface area (Å²) in [6.45, 7) is 0. The van der Waals surface area contributed by atoms with E-state index in [0.717, 1.165) is 11.6 Å². The maximum absolute atomic E-state index is 12.8. The van der Waals surface area contributed by atoms with E-state index >= 15 is 0 Å². The molecule has 1 unspecified atom stereocenters. The van der Waals surface area contributed by atoms with Gasteiger partial charge in [0.1, 0.15) is 23.3 Å². The van der Waals surface area contributed by atoms with E-state index in [2.05, 4.69) is 10.3 Å². The number of aryl methyl sites for hydroxylation is 1. The zero-order valence-corrected chi connectivity index (χ0v) is 15.3. The van der Waals surface area contributed by atoms with Crippen LogP contribution in [0.15, 0.2) is 54.9 Å².